The summed E-state index contributed by atoms with van der Waals surface area (Å²) < 4.78 is 0. The Labute approximate surface area is 74.8 Å². The van der Waals surface area contributed by atoms with Crippen molar-refractivity contribution < 1.29 is 5.11 Å². The van der Waals surface area contributed by atoms with Crippen molar-refractivity contribution >= 4 is 0 Å². The highest BCUT2D eigenvalue weighted by Crippen LogP contribution is 2.18. The fraction of sp³-hybridized carbons (Fsp3) is 1.00. The molecule has 0 aromatic heterocycles. The molecule has 1 unspecified atom stereocenters. The first-order valence-corrected chi connectivity index (χ1v) is 4.82. The van der Waals surface area contributed by atoms with Gasteiger partial charge in [-0.05, 0) is 26.4 Å². The maximum absolute atomic E-state index is 9.52. The predicted octanol–water partition coefficient (Wildman–Crippen LogP) is 0.0510. The van der Waals surface area contributed by atoms with Crippen molar-refractivity contribution in [2.75, 3.05) is 26.7 Å². The van der Waals surface area contributed by atoms with Crippen molar-refractivity contribution in [3.8, 4) is 0 Å². The average Bonchev–Trinajstić information content (AvgIpc) is 2.83. The largest absolute Gasteiger partial charge is 0.390 e. The van der Waals surface area contributed by atoms with Crippen LogP contribution < -0.4 is 5.32 Å². The lowest BCUT2D eigenvalue weighted by Crippen LogP contribution is -2.37. The highest BCUT2D eigenvalue weighted by molar-refractivity contribution is 4.82. The van der Waals surface area contributed by atoms with Gasteiger partial charge in [-0.25, -0.2) is 0 Å². The average molecular weight is 172 g/mol. The van der Waals surface area contributed by atoms with E-state index in [0.29, 0.717) is 6.04 Å². The molecule has 2 N–H and O–H groups in total. The molecular weight excluding hydrogens is 152 g/mol. The van der Waals surface area contributed by atoms with Crippen LogP contribution in [0.4, 0.5) is 0 Å². The molecule has 1 saturated carbocycles. The Morgan fingerprint density at radius 3 is 2.75 bits per heavy atom. The lowest BCUT2D eigenvalue weighted by atomic mass is 10.3. The van der Waals surface area contributed by atoms with Gasteiger partial charge in [0.25, 0.3) is 0 Å². The van der Waals surface area contributed by atoms with Crippen molar-refractivity contribution in [1.29, 1.82) is 0 Å². The Morgan fingerprint density at radius 1 is 1.58 bits per heavy atom. The molecule has 3 heteroatoms. The van der Waals surface area contributed by atoms with E-state index in [-0.39, 0.29) is 6.10 Å². The van der Waals surface area contributed by atoms with Gasteiger partial charge < -0.3 is 15.3 Å². The van der Waals surface area contributed by atoms with E-state index >= 15 is 0 Å². The summed E-state index contributed by atoms with van der Waals surface area (Å²) >= 11 is 0. The topological polar surface area (TPSA) is 35.5 Å². The summed E-state index contributed by atoms with van der Waals surface area (Å²) in [5, 5.41) is 12.8. The first-order chi connectivity index (χ1) is 5.72. The van der Waals surface area contributed by atoms with Crippen LogP contribution in [0.15, 0.2) is 0 Å². The predicted molar refractivity (Wildman–Crippen MR) is 50.2 cm³/mol. The fourth-order valence-corrected chi connectivity index (χ4v) is 1.14. The van der Waals surface area contributed by atoms with E-state index in [1.165, 1.54) is 12.8 Å². The Morgan fingerprint density at radius 2 is 2.25 bits per heavy atom. The second kappa shape index (κ2) is 4.80. The molecule has 0 saturated heterocycles. The number of hydrogen-bond donors (Lipinski definition) is 2. The lowest BCUT2D eigenvalue weighted by Gasteiger charge is -2.18. The summed E-state index contributed by atoms with van der Waals surface area (Å²) in [6.07, 6.45) is 2.36. The molecule has 1 aliphatic carbocycles. The minimum atomic E-state index is -0.212. The van der Waals surface area contributed by atoms with Crippen molar-refractivity contribution in [3.63, 3.8) is 0 Å². The van der Waals surface area contributed by atoms with E-state index in [1.807, 2.05) is 7.05 Å². The highest BCUT2D eigenvalue weighted by atomic mass is 16.3. The molecule has 1 fully saturated rings. The van der Waals surface area contributed by atoms with Crippen LogP contribution in [-0.2, 0) is 0 Å². The summed E-state index contributed by atoms with van der Waals surface area (Å²) in [6, 6.07) is 0.701. The molecule has 0 spiro atoms. The van der Waals surface area contributed by atoms with Gasteiger partial charge in [-0.1, -0.05) is 6.92 Å². The van der Waals surface area contributed by atoms with Gasteiger partial charge in [0, 0.05) is 19.1 Å². The number of nitrogens with zero attached hydrogens (tertiary/aromatic N) is 1. The van der Waals surface area contributed by atoms with E-state index in [4.69, 9.17) is 0 Å². The monoisotopic (exact) mass is 172 g/mol. The second-order valence-electron chi connectivity index (χ2n) is 3.69. The van der Waals surface area contributed by atoms with Crippen LogP contribution in [-0.4, -0.2) is 48.8 Å². The molecule has 1 atom stereocenters. The number of hydrogen-bond acceptors (Lipinski definition) is 3. The maximum atomic E-state index is 9.52. The van der Waals surface area contributed by atoms with E-state index in [9.17, 15) is 5.11 Å². The summed E-state index contributed by atoms with van der Waals surface area (Å²) in [4.78, 5) is 2.12. The van der Waals surface area contributed by atoms with Crippen molar-refractivity contribution in [2.24, 2.45) is 0 Å². The fourth-order valence-electron chi connectivity index (χ4n) is 1.14. The van der Waals surface area contributed by atoms with Gasteiger partial charge in [-0.2, -0.15) is 0 Å². The first-order valence-electron chi connectivity index (χ1n) is 4.82. The van der Waals surface area contributed by atoms with Crippen LogP contribution in [0.25, 0.3) is 0 Å². The van der Waals surface area contributed by atoms with Crippen LogP contribution in [0.1, 0.15) is 19.8 Å². The summed E-state index contributed by atoms with van der Waals surface area (Å²) in [6.45, 7) is 4.62. The smallest absolute Gasteiger partial charge is 0.0791 e. The molecule has 0 aliphatic heterocycles. The lowest BCUT2D eigenvalue weighted by molar-refractivity contribution is 0.126. The highest BCUT2D eigenvalue weighted by Gasteiger charge is 2.21. The van der Waals surface area contributed by atoms with Gasteiger partial charge in [0.2, 0.25) is 0 Å². The summed E-state index contributed by atoms with van der Waals surface area (Å²) in [7, 11) is 2.03. The summed E-state index contributed by atoms with van der Waals surface area (Å²) in [5.41, 5.74) is 0. The van der Waals surface area contributed by atoms with Crippen molar-refractivity contribution in [2.45, 2.75) is 31.9 Å². The first kappa shape index (κ1) is 9.96. The van der Waals surface area contributed by atoms with E-state index in [2.05, 4.69) is 17.1 Å². The number of rotatable bonds is 6. The van der Waals surface area contributed by atoms with Crippen LogP contribution in [0.2, 0.25) is 0 Å². The van der Waals surface area contributed by atoms with Gasteiger partial charge in [-0.3, -0.25) is 0 Å². The molecule has 0 aromatic rings. The van der Waals surface area contributed by atoms with Crippen LogP contribution in [0.3, 0.4) is 0 Å². The SMILES string of the molecule is CCN(C)CC(O)CNC1CC1. The Hall–Kier alpha value is -0.120. The van der Waals surface area contributed by atoms with Gasteiger partial charge in [-0.15, -0.1) is 0 Å². The van der Waals surface area contributed by atoms with E-state index < -0.39 is 0 Å². The van der Waals surface area contributed by atoms with Gasteiger partial charge >= 0.3 is 0 Å². The van der Waals surface area contributed by atoms with Gasteiger partial charge in [0.1, 0.15) is 0 Å². The molecule has 72 valence electrons. The Bertz CT molecular complexity index is 126. The molecule has 0 amide bonds. The molecule has 0 bridgehead atoms. The number of aliphatic hydroxyl groups excluding tert-OH is 1. The third-order valence-corrected chi connectivity index (χ3v) is 2.28. The molecule has 1 rings (SSSR count). The molecule has 0 radical (unpaired) electrons. The third-order valence-electron chi connectivity index (χ3n) is 2.28. The zero-order valence-corrected chi connectivity index (χ0v) is 8.08. The molecule has 3 nitrogen and oxygen atoms in total. The summed E-state index contributed by atoms with van der Waals surface area (Å²) in [5.74, 6) is 0. The van der Waals surface area contributed by atoms with Gasteiger partial charge in [0.05, 0.1) is 6.10 Å². The molecule has 1 aliphatic rings. The molecular formula is C9H20N2O. The zero-order valence-electron chi connectivity index (χ0n) is 8.08. The Kier molecular flexibility index (Phi) is 3.98. The maximum Gasteiger partial charge on any atom is 0.0791 e. The normalized spacial score (nSPS) is 20.0. The van der Waals surface area contributed by atoms with Crippen LogP contribution in [0, 0.1) is 0 Å². The molecule has 0 heterocycles. The Balaban J connectivity index is 1.97. The van der Waals surface area contributed by atoms with Gasteiger partial charge in [0.15, 0.2) is 0 Å². The number of nitrogens with one attached hydrogen (secondary N) is 1. The standard InChI is InChI=1S/C9H20N2O/c1-3-11(2)7-9(12)6-10-8-4-5-8/h8-10,12H,3-7H2,1-2H3. The zero-order chi connectivity index (χ0) is 8.97. The molecule has 12 heavy (non-hydrogen) atoms. The number of likely N-dealkylation sites (N-methyl/N-ethyl adjacent to an activating group) is 1. The van der Waals surface area contributed by atoms with E-state index in [0.717, 1.165) is 19.6 Å². The van der Waals surface area contributed by atoms with E-state index in [1.54, 1.807) is 0 Å². The third kappa shape index (κ3) is 4.04. The van der Waals surface area contributed by atoms with Crippen molar-refractivity contribution in [3.05, 3.63) is 0 Å². The minimum Gasteiger partial charge on any atom is -0.390 e. The van der Waals surface area contributed by atoms with Crippen LogP contribution >= 0.6 is 0 Å². The van der Waals surface area contributed by atoms with Crippen LogP contribution in [0.5, 0.6) is 0 Å². The quantitative estimate of drug-likeness (QED) is 0.594. The second-order valence-corrected chi connectivity index (χ2v) is 3.69. The number of aliphatic hydroxyl groups is 1. The molecule has 0 aromatic carbocycles. The minimum absolute atomic E-state index is 0.212. The van der Waals surface area contributed by atoms with Crippen molar-refractivity contribution in [1.82, 2.24) is 10.2 Å².